The number of rotatable bonds is 5. The Hall–Kier alpha value is -1.69. The Morgan fingerprint density at radius 2 is 2.00 bits per heavy atom. The first-order chi connectivity index (χ1) is 9.11. The maximum atomic E-state index is 4.49. The third-order valence-corrected chi connectivity index (χ3v) is 3.93. The molecule has 0 saturated carbocycles. The molecule has 0 spiro atoms. The van der Waals surface area contributed by atoms with Crippen LogP contribution in [0, 0.1) is 13.8 Å². The van der Waals surface area contributed by atoms with E-state index in [1.165, 1.54) is 0 Å². The molecule has 0 aromatic carbocycles. The Kier molecular flexibility index (Phi) is 4.31. The standard InChI is InChI=1S/C13H19N5S/c1-5-14-11-9(3)12(16-7-15-11)18-10(4)13-17-8(2)6-19-13/h6-7,10H,5H2,1-4H3,(H2,14,15,16,18). The summed E-state index contributed by atoms with van der Waals surface area (Å²) in [4.78, 5) is 13.0. The van der Waals surface area contributed by atoms with Crippen LogP contribution in [0.4, 0.5) is 11.6 Å². The van der Waals surface area contributed by atoms with Gasteiger partial charge < -0.3 is 10.6 Å². The second kappa shape index (κ2) is 5.97. The Morgan fingerprint density at radius 3 is 2.63 bits per heavy atom. The molecule has 1 atom stereocenters. The van der Waals surface area contributed by atoms with Crippen LogP contribution < -0.4 is 10.6 Å². The van der Waals surface area contributed by atoms with Crippen LogP contribution in [0.3, 0.4) is 0 Å². The van der Waals surface area contributed by atoms with E-state index in [4.69, 9.17) is 0 Å². The molecule has 102 valence electrons. The fraction of sp³-hybridized carbons (Fsp3) is 0.462. The third kappa shape index (κ3) is 3.20. The molecule has 1 unspecified atom stereocenters. The molecule has 2 heterocycles. The molecule has 0 bridgehead atoms. The summed E-state index contributed by atoms with van der Waals surface area (Å²) < 4.78 is 0. The molecule has 2 aromatic heterocycles. The van der Waals surface area contributed by atoms with Gasteiger partial charge in [-0.25, -0.2) is 15.0 Å². The molecule has 0 amide bonds. The van der Waals surface area contributed by atoms with Gasteiger partial charge in [0.05, 0.1) is 6.04 Å². The number of anilines is 2. The van der Waals surface area contributed by atoms with Gasteiger partial charge in [-0.15, -0.1) is 11.3 Å². The summed E-state index contributed by atoms with van der Waals surface area (Å²) in [5.41, 5.74) is 2.09. The largest absolute Gasteiger partial charge is 0.370 e. The van der Waals surface area contributed by atoms with Crippen LogP contribution in [0.1, 0.15) is 36.2 Å². The minimum Gasteiger partial charge on any atom is -0.370 e. The molecule has 0 saturated heterocycles. The van der Waals surface area contributed by atoms with Crippen molar-refractivity contribution < 1.29 is 0 Å². The fourth-order valence-corrected chi connectivity index (χ4v) is 2.58. The molecule has 0 radical (unpaired) electrons. The highest BCUT2D eigenvalue weighted by Crippen LogP contribution is 2.25. The summed E-state index contributed by atoms with van der Waals surface area (Å²) in [5, 5.41) is 9.75. The van der Waals surface area contributed by atoms with Gasteiger partial charge >= 0.3 is 0 Å². The lowest BCUT2D eigenvalue weighted by Gasteiger charge is -2.15. The van der Waals surface area contributed by atoms with Gasteiger partial charge in [-0.05, 0) is 27.7 Å². The van der Waals surface area contributed by atoms with Crippen molar-refractivity contribution in [1.82, 2.24) is 15.0 Å². The topological polar surface area (TPSA) is 62.7 Å². The number of nitrogens with zero attached hydrogens (tertiary/aromatic N) is 3. The zero-order valence-corrected chi connectivity index (χ0v) is 12.5. The first-order valence-corrected chi connectivity index (χ1v) is 7.23. The fourth-order valence-electron chi connectivity index (χ4n) is 1.78. The number of aromatic nitrogens is 3. The lowest BCUT2D eigenvalue weighted by atomic mass is 10.2. The average molecular weight is 277 g/mol. The van der Waals surface area contributed by atoms with Crippen LogP contribution in [0.2, 0.25) is 0 Å². The molecule has 0 aliphatic rings. The van der Waals surface area contributed by atoms with E-state index in [0.717, 1.165) is 34.4 Å². The molecule has 5 nitrogen and oxygen atoms in total. The Morgan fingerprint density at radius 1 is 1.26 bits per heavy atom. The van der Waals surface area contributed by atoms with E-state index in [9.17, 15) is 0 Å². The molecule has 2 rings (SSSR count). The van der Waals surface area contributed by atoms with Gasteiger partial charge in [0, 0.05) is 23.2 Å². The van der Waals surface area contributed by atoms with Gasteiger partial charge in [-0.1, -0.05) is 0 Å². The normalized spacial score (nSPS) is 12.2. The molecule has 2 aromatic rings. The van der Waals surface area contributed by atoms with E-state index >= 15 is 0 Å². The first kappa shape index (κ1) is 13.7. The second-order valence-electron chi connectivity index (χ2n) is 4.42. The maximum Gasteiger partial charge on any atom is 0.134 e. The summed E-state index contributed by atoms with van der Waals surface area (Å²) in [5.74, 6) is 1.73. The van der Waals surface area contributed by atoms with Crippen molar-refractivity contribution in [3.8, 4) is 0 Å². The second-order valence-corrected chi connectivity index (χ2v) is 5.31. The number of aryl methyl sites for hydroxylation is 1. The number of thiazole rings is 1. The Labute approximate surface area is 117 Å². The van der Waals surface area contributed by atoms with Crippen LogP contribution in [0.15, 0.2) is 11.7 Å². The van der Waals surface area contributed by atoms with Gasteiger partial charge in [-0.3, -0.25) is 0 Å². The first-order valence-electron chi connectivity index (χ1n) is 6.35. The lowest BCUT2D eigenvalue weighted by molar-refractivity contribution is 0.850. The number of nitrogens with one attached hydrogen (secondary N) is 2. The molecule has 0 aliphatic heterocycles. The predicted molar refractivity (Wildman–Crippen MR) is 79.8 cm³/mol. The van der Waals surface area contributed by atoms with Crippen molar-refractivity contribution in [2.24, 2.45) is 0 Å². The van der Waals surface area contributed by atoms with Crippen molar-refractivity contribution in [2.45, 2.75) is 33.7 Å². The van der Waals surface area contributed by atoms with E-state index < -0.39 is 0 Å². The maximum absolute atomic E-state index is 4.49. The van der Waals surface area contributed by atoms with Gasteiger partial charge in [0.1, 0.15) is 23.0 Å². The van der Waals surface area contributed by atoms with Crippen LogP contribution >= 0.6 is 11.3 Å². The van der Waals surface area contributed by atoms with Crippen molar-refractivity contribution in [3.05, 3.63) is 28.0 Å². The van der Waals surface area contributed by atoms with E-state index in [1.54, 1.807) is 17.7 Å². The number of hydrogen-bond acceptors (Lipinski definition) is 6. The van der Waals surface area contributed by atoms with Crippen molar-refractivity contribution in [2.75, 3.05) is 17.2 Å². The highest BCUT2D eigenvalue weighted by atomic mass is 32.1. The molecule has 2 N–H and O–H groups in total. The van der Waals surface area contributed by atoms with Gasteiger partial charge in [0.25, 0.3) is 0 Å². The van der Waals surface area contributed by atoms with E-state index in [2.05, 4.69) is 44.8 Å². The van der Waals surface area contributed by atoms with E-state index in [1.807, 2.05) is 13.8 Å². The zero-order chi connectivity index (χ0) is 13.8. The zero-order valence-electron chi connectivity index (χ0n) is 11.7. The summed E-state index contributed by atoms with van der Waals surface area (Å²) in [7, 11) is 0. The van der Waals surface area contributed by atoms with Crippen LogP contribution in [0.5, 0.6) is 0 Å². The van der Waals surface area contributed by atoms with Gasteiger partial charge in [0.2, 0.25) is 0 Å². The van der Waals surface area contributed by atoms with Crippen molar-refractivity contribution >= 4 is 23.0 Å². The van der Waals surface area contributed by atoms with Crippen molar-refractivity contribution in [3.63, 3.8) is 0 Å². The summed E-state index contributed by atoms with van der Waals surface area (Å²) >= 11 is 1.66. The SMILES string of the molecule is CCNc1ncnc(NC(C)c2nc(C)cs2)c1C. The summed E-state index contributed by atoms with van der Waals surface area (Å²) in [6.45, 7) is 9.01. The molecule has 0 fully saturated rings. The minimum absolute atomic E-state index is 0.141. The molecule has 0 aliphatic carbocycles. The van der Waals surface area contributed by atoms with Gasteiger partial charge in [-0.2, -0.15) is 0 Å². The average Bonchev–Trinajstić information content (AvgIpc) is 2.81. The Balaban J connectivity index is 2.16. The lowest BCUT2D eigenvalue weighted by Crippen LogP contribution is -2.11. The van der Waals surface area contributed by atoms with Crippen LogP contribution in [-0.4, -0.2) is 21.5 Å². The van der Waals surface area contributed by atoms with Crippen molar-refractivity contribution in [1.29, 1.82) is 0 Å². The highest BCUT2D eigenvalue weighted by molar-refractivity contribution is 7.09. The summed E-state index contributed by atoms with van der Waals surface area (Å²) in [6.07, 6.45) is 1.58. The van der Waals surface area contributed by atoms with E-state index in [0.29, 0.717) is 0 Å². The predicted octanol–water partition coefficient (Wildman–Crippen LogP) is 3.15. The van der Waals surface area contributed by atoms with Crippen LogP contribution in [0.25, 0.3) is 0 Å². The molecule has 19 heavy (non-hydrogen) atoms. The summed E-state index contributed by atoms with van der Waals surface area (Å²) in [6, 6.07) is 0.141. The van der Waals surface area contributed by atoms with Gasteiger partial charge in [0.15, 0.2) is 0 Å². The monoisotopic (exact) mass is 277 g/mol. The Bertz CT molecular complexity index is 552. The third-order valence-electron chi connectivity index (χ3n) is 2.79. The van der Waals surface area contributed by atoms with Crippen LogP contribution in [-0.2, 0) is 0 Å². The molecule has 6 heteroatoms. The van der Waals surface area contributed by atoms with E-state index in [-0.39, 0.29) is 6.04 Å². The number of hydrogen-bond donors (Lipinski definition) is 2. The molecular weight excluding hydrogens is 258 g/mol. The molecular formula is C13H19N5S. The smallest absolute Gasteiger partial charge is 0.134 e. The quantitative estimate of drug-likeness (QED) is 0.879. The highest BCUT2D eigenvalue weighted by Gasteiger charge is 2.13. The minimum atomic E-state index is 0.141.